The molecule has 0 unspecified atom stereocenters. The maximum atomic E-state index is 12.4. The van der Waals surface area contributed by atoms with Crippen molar-refractivity contribution in [2.45, 2.75) is 53.2 Å². The van der Waals surface area contributed by atoms with Crippen LogP contribution in [0.4, 0.5) is 0 Å². The first-order valence-electron chi connectivity index (χ1n) is 7.36. The molecule has 0 spiro atoms. The monoisotopic (exact) mass is 308 g/mol. The lowest BCUT2D eigenvalue weighted by Gasteiger charge is -2.27. The van der Waals surface area contributed by atoms with E-state index in [4.69, 9.17) is 9.47 Å². The number of ether oxygens (including phenoxy) is 2. The Balaban J connectivity index is 3.13. The number of hydrogen-bond acceptors (Lipinski definition) is 5. The van der Waals surface area contributed by atoms with Crippen molar-refractivity contribution in [3.8, 4) is 5.75 Å². The van der Waals surface area contributed by atoms with E-state index in [0.29, 0.717) is 5.56 Å². The van der Waals surface area contributed by atoms with Gasteiger partial charge in [-0.2, -0.15) is 0 Å². The fraction of sp³-hybridized carbons (Fsp3) is 0.529. The molecule has 0 amide bonds. The van der Waals surface area contributed by atoms with Crippen molar-refractivity contribution in [1.82, 2.24) is 0 Å². The predicted octanol–water partition coefficient (Wildman–Crippen LogP) is 2.84. The lowest BCUT2D eigenvalue weighted by Crippen LogP contribution is -2.43. The van der Waals surface area contributed by atoms with E-state index >= 15 is 0 Å². The summed E-state index contributed by atoms with van der Waals surface area (Å²) < 4.78 is 10.4. The van der Waals surface area contributed by atoms with Gasteiger partial charge in [-0.3, -0.25) is 9.59 Å². The lowest BCUT2D eigenvalue weighted by atomic mass is 9.83. The van der Waals surface area contributed by atoms with E-state index in [1.54, 1.807) is 45.9 Å². The summed E-state index contributed by atoms with van der Waals surface area (Å²) in [6.45, 7) is 8.34. The predicted molar refractivity (Wildman–Crippen MR) is 82.4 cm³/mol. The van der Waals surface area contributed by atoms with Crippen molar-refractivity contribution in [2.24, 2.45) is 5.41 Å². The summed E-state index contributed by atoms with van der Waals surface area (Å²) in [6, 6.07) is 6.59. The van der Waals surface area contributed by atoms with E-state index < -0.39 is 17.4 Å². The largest absolute Gasteiger partial charge is 0.508 e. The van der Waals surface area contributed by atoms with E-state index in [0.717, 1.165) is 0 Å². The Bertz CT molecular complexity index is 512. The van der Waals surface area contributed by atoms with Crippen molar-refractivity contribution >= 4 is 11.9 Å². The second kappa shape index (κ2) is 7.29. The van der Waals surface area contributed by atoms with Gasteiger partial charge in [-0.05, 0) is 46.2 Å². The highest BCUT2D eigenvalue weighted by Crippen LogP contribution is 2.31. The van der Waals surface area contributed by atoms with Gasteiger partial charge in [0.05, 0.1) is 12.2 Å². The summed E-state index contributed by atoms with van der Waals surface area (Å²) in [6.07, 6.45) is -0.678. The Morgan fingerprint density at radius 3 is 1.91 bits per heavy atom. The number of phenolic OH excluding ortho intramolecular Hbond substituents is 1. The smallest absolute Gasteiger partial charge is 0.323 e. The maximum absolute atomic E-state index is 12.4. The molecule has 22 heavy (non-hydrogen) atoms. The fourth-order valence-electron chi connectivity index (χ4n) is 1.96. The lowest BCUT2D eigenvalue weighted by molar-refractivity contribution is -0.175. The summed E-state index contributed by atoms with van der Waals surface area (Å²) in [7, 11) is 0. The molecule has 0 atom stereocenters. The summed E-state index contributed by atoms with van der Waals surface area (Å²) in [5.41, 5.74) is -1.01. The van der Waals surface area contributed by atoms with Crippen LogP contribution in [0.3, 0.4) is 0 Å². The Morgan fingerprint density at radius 1 is 1.05 bits per heavy atom. The second-order valence-corrected chi connectivity index (χ2v) is 6.05. The van der Waals surface area contributed by atoms with Crippen LogP contribution in [0.2, 0.25) is 0 Å². The molecule has 1 aromatic carbocycles. The van der Waals surface area contributed by atoms with Crippen LogP contribution in [0.1, 0.15) is 40.2 Å². The van der Waals surface area contributed by atoms with Gasteiger partial charge < -0.3 is 14.6 Å². The third kappa shape index (κ3) is 4.48. The molecule has 0 fully saturated rings. The molecule has 1 rings (SSSR count). The summed E-state index contributed by atoms with van der Waals surface area (Å²) in [5, 5.41) is 9.90. The van der Waals surface area contributed by atoms with Crippen molar-refractivity contribution in [3.05, 3.63) is 29.8 Å². The number of benzene rings is 1. The number of esters is 2. The molecule has 0 aromatic heterocycles. The molecule has 1 aromatic rings. The van der Waals surface area contributed by atoms with Crippen LogP contribution in [0.15, 0.2) is 24.3 Å². The molecule has 0 saturated heterocycles. The van der Waals surface area contributed by atoms with Gasteiger partial charge in [-0.1, -0.05) is 18.2 Å². The van der Waals surface area contributed by atoms with Crippen LogP contribution >= 0.6 is 0 Å². The molecule has 0 aliphatic carbocycles. The molecule has 0 bridgehead atoms. The van der Waals surface area contributed by atoms with Crippen LogP contribution in [-0.2, 0) is 25.5 Å². The molecule has 0 aliphatic heterocycles. The Hall–Kier alpha value is -2.04. The maximum Gasteiger partial charge on any atom is 0.323 e. The Kier molecular flexibility index (Phi) is 5.97. The van der Waals surface area contributed by atoms with Crippen LogP contribution in [-0.4, -0.2) is 29.3 Å². The zero-order valence-corrected chi connectivity index (χ0v) is 13.8. The Labute approximate surface area is 131 Å². The van der Waals surface area contributed by atoms with Gasteiger partial charge >= 0.3 is 11.9 Å². The van der Waals surface area contributed by atoms with Gasteiger partial charge in [-0.15, -0.1) is 0 Å². The molecule has 1 N–H and O–H groups in total. The first kappa shape index (κ1) is 18.0. The number of carbonyl (C=O) groups excluding carboxylic acids is 2. The number of carbonyl (C=O) groups is 2. The van der Waals surface area contributed by atoms with E-state index in [1.807, 2.05) is 0 Å². The second-order valence-electron chi connectivity index (χ2n) is 6.05. The summed E-state index contributed by atoms with van der Waals surface area (Å²) in [5.74, 6) is -1.28. The first-order chi connectivity index (χ1) is 10.2. The minimum absolute atomic E-state index is 0.0107. The highest BCUT2D eigenvalue weighted by Gasteiger charge is 2.45. The molecule has 0 saturated carbocycles. The van der Waals surface area contributed by atoms with Gasteiger partial charge in [0.2, 0.25) is 0 Å². The molecular weight excluding hydrogens is 284 g/mol. The van der Waals surface area contributed by atoms with Crippen molar-refractivity contribution < 1.29 is 24.2 Å². The number of aromatic hydroxyl groups is 1. The van der Waals surface area contributed by atoms with Crippen molar-refractivity contribution in [3.63, 3.8) is 0 Å². The molecular formula is C17H24O5. The van der Waals surface area contributed by atoms with Crippen LogP contribution in [0.25, 0.3) is 0 Å². The number of para-hydroxylation sites is 1. The van der Waals surface area contributed by atoms with Crippen molar-refractivity contribution in [1.29, 1.82) is 0 Å². The van der Waals surface area contributed by atoms with Crippen LogP contribution in [0, 0.1) is 5.41 Å². The van der Waals surface area contributed by atoms with E-state index in [9.17, 15) is 14.7 Å². The summed E-state index contributed by atoms with van der Waals surface area (Å²) >= 11 is 0. The molecule has 122 valence electrons. The molecule has 0 radical (unpaired) electrons. The number of hydrogen-bond donors (Lipinski definition) is 1. The number of phenols is 1. The topological polar surface area (TPSA) is 72.8 Å². The molecule has 5 nitrogen and oxygen atoms in total. The zero-order chi connectivity index (χ0) is 16.9. The van der Waals surface area contributed by atoms with Crippen molar-refractivity contribution in [2.75, 3.05) is 0 Å². The van der Waals surface area contributed by atoms with Crippen LogP contribution < -0.4 is 0 Å². The normalized spacial score (nSPS) is 11.6. The molecule has 0 heterocycles. The van der Waals surface area contributed by atoms with E-state index in [2.05, 4.69) is 0 Å². The van der Waals surface area contributed by atoms with E-state index in [1.165, 1.54) is 13.0 Å². The number of rotatable bonds is 6. The minimum atomic E-state index is -1.51. The average molecular weight is 308 g/mol. The highest BCUT2D eigenvalue weighted by atomic mass is 16.6. The minimum Gasteiger partial charge on any atom is -0.508 e. The van der Waals surface area contributed by atoms with Crippen LogP contribution in [0.5, 0.6) is 5.75 Å². The Morgan fingerprint density at radius 2 is 1.50 bits per heavy atom. The SMILES string of the molecule is CC(C)OC(=O)C(C)(Cc1ccccc1O)C(=O)OC(C)C. The summed E-state index contributed by atoms with van der Waals surface area (Å²) in [4.78, 5) is 24.8. The average Bonchev–Trinajstić information content (AvgIpc) is 2.39. The van der Waals surface area contributed by atoms with Gasteiger partial charge in [0.25, 0.3) is 0 Å². The quantitative estimate of drug-likeness (QED) is 0.646. The van der Waals surface area contributed by atoms with E-state index in [-0.39, 0.29) is 24.4 Å². The van der Waals surface area contributed by atoms with Gasteiger partial charge in [0, 0.05) is 6.42 Å². The van der Waals surface area contributed by atoms with Gasteiger partial charge in [0.1, 0.15) is 5.75 Å². The zero-order valence-electron chi connectivity index (χ0n) is 13.8. The van der Waals surface area contributed by atoms with Gasteiger partial charge in [0.15, 0.2) is 5.41 Å². The third-order valence-corrected chi connectivity index (χ3v) is 3.12. The molecule has 0 aliphatic rings. The standard InChI is InChI=1S/C17H24O5/c1-11(2)21-15(19)17(5,16(20)22-12(3)4)10-13-8-6-7-9-14(13)18/h6-9,11-12,18H,10H2,1-5H3. The van der Waals surface area contributed by atoms with Gasteiger partial charge in [-0.25, -0.2) is 0 Å². The highest BCUT2D eigenvalue weighted by molar-refractivity contribution is 6.00. The molecule has 5 heteroatoms. The first-order valence-corrected chi connectivity index (χ1v) is 7.36. The third-order valence-electron chi connectivity index (χ3n) is 3.12. The fourth-order valence-corrected chi connectivity index (χ4v) is 1.96.